The zero-order valence-electron chi connectivity index (χ0n) is 12.3. The minimum atomic E-state index is -0.947. The van der Waals surface area contributed by atoms with Crippen LogP contribution in [-0.2, 0) is 0 Å². The molecule has 0 atom stereocenters. The van der Waals surface area contributed by atoms with Crippen LogP contribution in [0.15, 0.2) is 5.03 Å². The molecule has 0 spiro atoms. The van der Waals surface area contributed by atoms with Gasteiger partial charge in [0.1, 0.15) is 16.4 Å². The highest BCUT2D eigenvalue weighted by molar-refractivity contribution is 7.99. The molecule has 1 heterocycles. The second kappa shape index (κ2) is 7.75. The largest absolute Gasteiger partial charge is 0.478 e. The molecule has 6 heteroatoms. The fourth-order valence-corrected chi connectivity index (χ4v) is 3.26. The number of hydrogen-bond donors (Lipinski definition) is 2. The van der Waals surface area contributed by atoms with Crippen molar-refractivity contribution in [3.63, 3.8) is 0 Å². The van der Waals surface area contributed by atoms with E-state index in [1.54, 1.807) is 6.92 Å². The predicted octanol–water partition coefficient (Wildman–Crippen LogP) is 3.01. The SMILES string of the molecule is Cc1nc(C2CC2)nc(SCCCCCCO)c1C(=O)O. The summed E-state index contributed by atoms with van der Waals surface area (Å²) in [4.78, 5) is 20.2. The molecule has 0 bridgehead atoms. The van der Waals surface area contributed by atoms with E-state index in [2.05, 4.69) is 9.97 Å². The molecule has 0 aromatic carbocycles. The molecule has 0 amide bonds. The standard InChI is InChI=1S/C15H22N2O3S/c1-10-12(15(19)20)14(17-13(16-10)11-6-7-11)21-9-5-3-2-4-8-18/h11,18H,2-9H2,1H3,(H,19,20). The van der Waals surface area contributed by atoms with E-state index in [4.69, 9.17) is 5.11 Å². The topological polar surface area (TPSA) is 83.3 Å². The molecule has 1 aliphatic rings. The maximum Gasteiger partial charge on any atom is 0.340 e. The Bertz CT molecular complexity index is 504. The van der Waals surface area contributed by atoms with Gasteiger partial charge in [0.25, 0.3) is 0 Å². The van der Waals surface area contributed by atoms with Crippen molar-refractivity contribution in [2.75, 3.05) is 12.4 Å². The van der Waals surface area contributed by atoms with Crippen molar-refractivity contribution in [2.45, 2.75) is 56.4 Å². The van der Waals surface area contributed by atoms with Gasteiger partial charge in [-0.05, 0) is 38.4 Å². The highest BCUT2D eigenvalue weighted by Crippen LogP contribution is 2.39. The number of aryl methyl sites for hydroxylation is 1. The minimum absolute atomic E-state index is 0.242. The number of nitrogens with zero attached hydrogens (tertiary/aromatic N) is 2. The normalized spacial score (nSPS) is 14.4. The molecule has 2 N–H and O–H groups in total. The van der Waals surface area contributed by atoms with Crippen molar-refractivity contribution < 1.29 is 15.0 Å². The Morgan fingerprint density at radius 1 is 1.24 bits per heavy atom. The number of thioether (sulfide) groups is 1. The number of rotatable bonds is 9. The number of aromatic nitrogens is 2. The van der Waals surface area contributed by atoms with Gasteiger partial charge in [-0.25, -0.2) is 14.8 Å². The number of carbonyl (C=O) groups is 1. The van der Waals surface area contributed by atoms with E-state index in [1.807, 2.05) is 0 Å². The summed E-state index contributed by atoms with van der Waals surface area (Å²) in [5.41, 5.74) is 0.821. The first-order valence-electron chi connectivity index (χ1n) is 7.49. The summed E-state index contributed by atoms with van der Waals surface area (Å²) in [5.74, 6) is 1.14. The van der Waals surface area contributed by atoms with Crippen LogP contribution in [0.1, 0.15) is 66.3 Å². The lowest BCUT2D eigenvalue weighted by Crippen LogP contribution is -2.09. The minimum Gasteiger partial charge on any atom is -0.478 e. The average molecular weight is 310 g/mol. The van der Waals surface area contributed by atoms with E-state index in [1.165, 1.54) is 11.8 Å². The number of aliphatic hydroxyl groups is 1. The second-order valence-electron chi connectivity index (χ2n) is 5.41. The van der Waals surface area contributed by atoms with Gasteiger partial charge in [0, 0.05) is 12.5 Å². The molecule has 1 aromatic heterocycles. The molecule has 2 rings (SSSR count). The molecule has 116 valence electrons. The van der Waals surface area contributed by atoms with Crippen LogP contribution in [0.3, 0.4) is 0 Å². The molecule has 0 unspecified atom stereocenters. The third-order valence-corrected chi connectivity index (χ3v) is 4.58. The Kier molecular flexibility index (Phi) is 5.99. The lowest BCUT2D eigenvalue weighted by Gasteiger charge is -2.09. The van der Waals surface area contributed by atoms with Crippen molar-refractivity contribution in [1.29, 1.82) is 0 Å². The van der Waals surface area contributed by atoms with Crippen LogP contribution in [0.25, 0.3) is 0 Å². The molecule has 21 heavy (non-hydrogen) atoms. The van der Waals surface area contributed by atoms with Crippen LogP contribution in [0.5, 0.6) is 0 Å². The maximum atomic E-state index is 11.4. The Balaban J connectivity index is 2.00. The monoisotopic (exact) mass is 310 g/mol. The summed E-state index contributed by atoms with van der Waals surface area (Å²) in [6, 6.07) is 0. The molecular weight excluding hydrogens is 288 g/mol. The number of aliphatic hydroxyl groups excluding tert-OH is 1. The molecule has 1 fully saturated rings. The molecule has 0 saturated heterocycles. The number of unbranched alkanes of at least 4 members (excludes halogenated alkanes) is 3. The van der Waals surface area contributed by atoms with Crippen molar-refractivity contribution in [2.24, 2.45) is 0 Å². The molecule has 1 aliphatic carbocycles. The van der Waals surface area contributed by atoms with E-state index in [9.17, 15) is 9.90 Å². The summed E-state index contributed by atoms with van der Waals surface area (Å²) >= 11 is 1.51. The van der Waals surface area contributed by atoms with Gasteiger partial charge < -0.3 is 10.2 Å². The fraction of sp³-hybridized carbons (Fsp3) is 0.667. The zero-order valence-corrected chi connectivity index (χ0v) is 13.2. The van der Waals surface area contributed by atoms with Gasteiger partial charge in [-0.3, -0.25) is 0 Å². The number of aromatic carboxylic acids is 1. The summed E-state index contributed by atoms with van der Waals surface area (Å²) in [5, 5.41) is 18.7. The van der Waals surface area contributed by atoms with Gasteiger partial charge in [-0.1, -0.05) is 12.8 Å². The Hall–Kier alpha value is -1.14. The highest BCUT2D eigenvalue weighted by atomic mass is 32.2. The summed E-state index contributed by atoms with van der Waals surface area (Å²) < 4.78 is 0. The first kappa shape index (κ1) is 16.2. The lowest BCUT2D eigenvalue weighted by atomic mass is 10.2. The summed E-state index contributed by atoms with van der Waals surface area (Å²) in [6.07, 6.45) is 6.12. The molecular formula is C15H22N2O3S. The average Bonchev–Trinajstić information content (AvgIpc) is 3.26. The van der Waals surface area contributed by atoms with Gasteiger partial charge in [-0.15, -0.1) is 11.8 Å². The second-order valence-corrected chi connectivity index (χ2v) is 6.50. The van der Waals surface area contributed by atoms with Crippen LogP contribution in [0, 0.1) is 6.92 Å². The summed E-state index contributed by atoms with van der Waals surface area (Å²) in [6.45, 7) is 1.99. The van der Waals surface area contributed by atoms with E-state index in [0.29, 0.717) is 16.6 Å². The van der Waals surface area contributed by atoms with Crippen molar-refractivity contribution >= 4 is 17.7 Å². The van der Waals surface area contributed by atoms with Crippen molar-refractivity contribution in [3.05, 3.63) is 17.1 Å². The Morgan fingerprint density at radius 3 is 2.57 bits per heavy atom. The van der Waals surface area contributed by atoms with Crippen LogP contribution in [0.4, 0.5) is 0 Å². The quantitative estimate of drug-likeness (QED) is 0.414. The first-order chi connectivity index (χ1) is 10.1. The maximum absolute atomic E-state index is 11.4. The molecule has 1 saturated carbocycles. The zero-order chi connectivity index (χ0) is 15.2. The van der Waals surface area contributed by atoms with Crippen molar-refractivity contribution in [3.8, 4) is 0 Å². The van der Waals surface area contributed by atoms with Gasteiger partial charge >= 0.3 is 5.97 Å². The lowest BCUT2D eigenvalue weighted by molar-refractivity contribution is 0.0690. The van der Waals surface area contributed by atoms with Gasteiger partial charge in [0.05, 0.1) is 5.69 Å². The van der Waals surface area contributed by atoms with Gasteiger partial charge in [0.15, 0.2) is 0 Å². The molecule has 5 nitrogen and oxygen atoms in total. The van der Waals surface area contributed by atoms with E-state index >= 15 is 0 Å². The van der Waals surface area contributed by atoms with Crippen LogP contribution >= 0.6 is 11.8 Å². The van der Waals surface area contributed by atoms with Crippen molar-refractivity contribution in [1.82, 2.24) is 9.97 Å². The van der Waals surface area contributed by atoms with Crippen LogP contribution in [-0.4, -0.2) is 38.5 Å². The smallest absolute Gasteiger partial charge is 0.340 e. The molecule has 1 aromatic rings. The van der Waals surface area contributed by atoms with Gasteiger partial charge in [0.2, 0.25) is 0 Å². The van der Waals surface area contributed by atoms with Crippen LogP contribution in [0.2, 0.25) is 0 Å². The first-order valence-corrected chi connectivity index (χ1v) is 8.47. The number of carboxylic acid groups (broad SMARTS) is 1. The van der Waals surface area contributed by atoms with Crippen LogP contribution < -0.4 is 0 Å². The Labute approximate surface area is 129 Å². The van der Waals surface area contributed by atoms with E-state index in [-0.39, 0.29) is 12.2 Å². The van der Waals surface area contributed by atoms with Gasteiger partial charge in [-0.2, -0.15) is 0 Å². The number of hydrogen-bond acceptors (Lipinski definition) is 5. The predicted molar refractivity (Wildman–Crippen MR) is 82.0 cm³/mol. The third kappa shape index (κ3) is 4.68. The highest BCUT2D eigenvalue weighted by Gasteiger charge is 2.29. The Morgan fingerprint density at radius 2 is 1.95 bits per heavy atom. The fourth-order valence-electron chi connectivity index (χ4n) is 2.18. The number of carboxylic acids is 1. The van der Waals surface area contributed by atoms with E-state index < -0.39 is 5.97 Å². The molecule has 0 radical (unpaired) electrons. The third-order valence-electron chi connectivity index (χ3n) is 3.52. The van der Waals surface area contributed by atoms with E-state index in [0.717, 1.165) is 50.1 Å². The summed E-state index contributed by atoms with van der Waals surface area (Å²) in [7, 11) is 0. The molecule has 0 aliphatic heterocycles.